The number of ether oxygens (including phenoxy) is 2. The van der Waals surface area contributed by atoms with Gasteiger partial charge in [-0.15, -0.1) is 0 Å². The molecule has 6 rings (SSSR count). The van der Waals surface area contributed by atoms with Gasteiger partial charge < -0.3 is 14.6 Å². The van der Waals surface area contributed by atoms with Crippen molar-refractivity contribution in [2.24, 2.45) is 11.3 Å². The lowest BCUT2D eigenvalue weighted by molar-refractivity contribution is -0.137. The van der Waals surface area contributed by atoms with Gasteiger partial charge in [-0.2, -0.15) is 0 Å². The van der Waals surface area contributed by atoms with Crippen molar-refractivity contribution >= 4 is 5.97 Å². The number of carboxylic acids is 1. The summed E-state index contributed by atoms with van der Waals surface area (Å²) in [5, 5.41) is 9.49. The number of halogens is 1. The predicted octanol–water partition coefficient (Wildman–Crippen LogP) is 8.83. The Balaban J connectivity index is 1.36. The molecule has 210 valence electrons. The molecule has 0 radical (unpaired) electrons. The molecule has 1 heterocycles. The highest BCUT2D eigenvalue weighted by Gasteiger charge is 2.38. The zero-order valence-electron chi connectivity index (χ0n) is 23.7. The van der Waals surface area contributed by atoms with Gasteiger partial charge in [0.05, 0.1) is 13.5 Å². The molecule has 0 amide bonds. The molecule has 3 aromatic rings. The molecule has 0 bridgehead atoms. The number of benzene rings is 3. The van der Waals surface area contributed by atoms with Crippen LogP contribution in [0.1, 0.15) is 99.0 Å². The van der Waals surface area contributed by atoms with Crippen molar-refractivity contribution in [3.05, 3.63) is 82.7 Å². The molecule has 2 fully saturated rings. The lowest BCUT2D eigenvalue weighted by Gasteiger charge is -2.32. The fourth-order valence-corrected chi connectivity index (χ4v) is 7.15. The molecule has 2 aliphatic carbocycles. The van der Waals surface area contributed by atoms with Gasteiger partial charge in [-0.05, 0) is 114 Å². The highest BCUT2D eigenvalue weighted by molar-refractivity contribution is 5.71. The molecule has 3 aliphatic rings. The van der Waals surface area contributed by atoms with Crippen molar-refractivity contribution in [2.75, 3.05) is 7.11 Å². The Bertz CT molecular complexity index is 1420. The van der Waals surface area contributed by atoms with E-state index in [4.69, 9.17) is 9.47 Å². The summed E-state index contributed by atoms with van der Waals surface area (Å²) >= 11 is 0. The van der Waals surface area contributed by atoms with Gasteiger partial charge >= 0.3 is 5.97 Å². The first-order valence-electron chi connectivity index (χ1n) is 14.7. The first-order chi connectivity index (χ1) is 19.2. The number of carboxylic acid groups (broad SMARTS) is 1. The summed E-state index contributed by atoms with van der Waals surface area (Å²) in [4.78, 5) is 11.6. The molecule has 40 heavy (non-hydrogen) atoms. The Morgan fingerprint density at radius 3 is 2.58 bits per heavy atom. The highest BCUT2D eigenvalue weighted by Crippen LogP contribution is 2.52. The molecule has 5 heteroatoms. The SMILES string of the molecule is COc1ccc(F)c(-c2ccc(C3CCc4ccc(C(CC(=O)O)C5CC5)cc4O3)cc2[C@@H]2CCCC2(C)C)c1. The first-order valence-corrected chi connectivity index (χ1v) is 14.7. The van der Waals surface area contributed by atoms with Crippen LogP contribution in [-0.4, -0.2) is 18.2 Å². The second-order valence-corrected chi connectivity index (χ2v) is 12.7. The van der Waals surface area contributed by atoms with E-state index in [0.29, 0.717) is 23.1 Å². The van der Waals surface area contributed by atoms with Crippen molar-refractivity contribution in [3.8, 4) is 22.6 Å². The third-order valence-corrected chi connectivity index (χ3v) is 9.59. The van der Waals surface area contributed by atoms with Crippen molar-refractivity contribution in [2.45, 2.75) is 83.2 Å². The van der Waals surface area contributed by atoms with Crippen LogP contribution in [0.3, 0.4) is 0 Å². The smallest absolute Gasteiger partial charge is 0.303 e. The molecule has 2 unspecified atom stereocenters. The molecule has 4 nitrogen and oxygen atoms in total. The van der Waals surface area contributed by atoms with Crippen molar-refractivity contribution in [1.29, 1.82) is 0 Å². The molecule has 0 saturated heterocycles. The van der Waals surface area contributed by atoms with E-state index in [9.17, 15) is 9.90 Å². The lowest BCUT2D eigenvalue weighted by atomic mass is 9.74. The van der Waals surface area contributed by atoms with Crippen LogP contribution in [0.2, 0.25) is 0 Å². The minimum Gasteiger partial charge on any atom is -0.497 e. The van der Waals surface area contributed by atoms with E-state index in [1.54, 1.807) is 19.2 Å². The highest BCUT2D eigenvalue weighted by atomic mass is 19.1. The number of rotatable bonds is 8. The number of hydrogen-bond donors (Lipinski definition) is 1. The average Bonchev–Trinajstić information content (AvgIpc) is 3.73. The molecular weight excluding hydrogens is 503 g/mol. The summed E-state index contributed by atoms with van der Waals surface area (Å²) in [6.07, 6.45) is 7.42. The van der Waals surface area contributed by atoms with Crippen LogP contribution >= 0.6 is 0 Å². The van der Waals surface area contributed by atoms with Crippen molar-refractivity contribution < 1.29 is 23.8 Å². The third kappa shape index (κ3) is 5.23. The van der Waals surface area contributed by atoms with Gasteiger partial charge in [0.1, 0.15) is 23.4 Å². The van der Waals surface area contributed by atoms with E-state index < -0.39 is 5.97 Å². The maximum absolute atomic E-state index is 15.2. The Hall–Kier alpha value is -3.34. The summed E-state index contributed by atoms with van der Waals surface area (Å²) in [7, 11) is 1.61. The van der Waals surface area contributed by atoms with Gasteiger partial charge in [0.2, 0.25) is 0 Å². The van der Waals surface area contributed by atoms with Gasteiger partial charge in [-0.25, -0.2) is 4.39 Å². The van der Waals surface area contributed by atoms with E-state index in [0.717, 1.165) is 67.4 Å². The Morgan fingerprint density at radius 2 is 1.88 bits per heavy atom. The number of hydrogen-bond acceptors (Lipinski definition) is 3. The zero-order valence-corrected chi connectivity index (χ0v) is 23.7. The quantitative estimate of drug-likeness (QED) is 0.309. The van der Waals surface area contributed by atoms with E-state index in [2.05, 4.69) is 50.2 Å². The first kappa shape index (κ1) is 26.9. The number of aliphatic carboxylic acids is 1. The van der Waals surface area contributed by atoms with Crippen LogP contribution in [-0.2, 0) is 11.2 Å². The summed E-state index contributed by atoms with van der Waals surface area (Å²) in [6.45, 7) is 4.65. The Morgan fingerprint density at radius 1 is 1.05 bits per heavy atom. The normalized spacial score (nSPS) is 22.3. The van der Waals surface area contributed by atoms with Gasteiger partial charge in [0, 0.05) is 5.56 Å². The molecule has 1 N–H and O–H groups in total. The monoisotopic (exact) mass is 542 g/mol. The molecular formula is C35H39FO4. The summed E-state index contributed by atoms with van der Waals surface area (Å²) in [6, 6.07) is 17.7. The minimum atomic E-state index is -0.747. The van der Waals surface area contributed by atoms with Crippen LogP contribution in [0.15, 0.2) is 54.6 Å². The van der Waals surface area contributed by atoms with E-state index >= 15 is 4.39 Å². The molecule has 3 aromatic carbocycles. The van der Waals surface area contributed by atoms with E-state index in [-0.39, 0.29) is 29.7 Å². The predicted molar refractivity (Wildman–Crippen MR) is 155 cm³/mol. The van der Waals surface area contributed by atoms with Crippen LogP contribution in [0.4, 0.5) is 4.39 Å². The van der Waals surface area contributed by atoms with Gasteiger partial charge in [0.25, 0.3) is 0 Å². The number of carbonyl (C=O) groups is 1. The second-order valence-electron chi connectivity index (χ2n) is 12.7. The summed E-state index contributed by atoms with van der Waals surface area (Å²) in [5.74, 6) is 1.35. The topological polar surface area (TPSA) is 55.8 Å². The van der Waals surface area contributed by atoms with Gasteiger partial charge in [-0.1, -0.05) is 50.6 Å². The number of aryl methyl sites for hydroxylation is 1. The molecule has 0 aromatic heterocycles. The average molecular weight is 543 g/mol. The maximum atomic E-state index is 15.2. The maximum Gasteiger partial charge on any atom is 0.303 e. The standard InChI is InChI=1S/C35H39FO4/c1-35(2)16-4-5-30(35)28-17-24(10-13-26(28)29-19-25(39-3)12-14-31(29)36)32-15-11-22-8-9-23(18-33(22)40-32)27(20-34(37)38)21-6-7-21/h8-10,12-14,17-19,21,27,30,32H,4-7,11,15-16,20H2,1-3H3,(H,37,38)/t27?,30-,32?/m0/s1. The molecule has 1 aliphatic heterocycles. The van der Waals surface area contributed by atoms with Crippen molar-refractivity contribution in [1.82, 2.24) is 0 Å². The molecule has 0 spiro atoms. The summed E-state index contributed by atoms with van der Waals surface area (Å²) in [5.41, 5.74) is 6.18. The fraction of sp³-hybridized carbons (Fsp3) is 0.457. The van der Waals surface area contributed by atoms with Crippen LogP contribution in [0.25, 0.3) is 11.1 Å². The lowest BCUT2D eigenvalue weighted by Crippen LogP contribution is -2.19. The van der Waals surface area contributed by atoms with E-state index in [1.807, 2.05) is 0 Å². The van der Waals surface area contributed by atoms with Crippen LogP contribution in [0, 0.1) is 17.2 Å². The van der Waals surface area contributed by atoms with Gasteiger partial charge in [-0.3, -0.25) is 4.79 Å². The number of methoxy groups -OCH3 is 1. The van der Waals surface area contributed by atoms with Crippen molar-refractivity contribution in [3.63, 3.8) is 0 Å². The van der Waals surface area contributed by atoms with Crippen LogP contribution in [0.5, 0.6) is 11.5 Å². The minimum absolute atomic E-state index is 0.0417. The van der Waals surface area contributed by atoms with E-state index in [1.165, 1.54) is 17.2 Å². The van der Waals surface area contributed by atoms with Gasteiger partial charge in [0.15, 0.2) is 0 Å². The molecule has 3 atom stereocenters. The molecule has 2 saturated carbocycles. The third-order valence-electron chi connectivity index (χ3n) is 9.59. The second kappa shape index (κ2) is 10.6. The zero-order chi connectivity index (χ0) is 28.0. The number of fused-ring (bicyclic) bond motifs is 1. The summed E-state index contributed by atoms with van der Waals surface area (Å²) < 4.78 is 27.3. The fourth-order valence-electron chi connectivity index (χ4n) is 7.15. The largest absolute Gasteiger partial charge is 0.497 e. The van der Waals surface area contributed by atoms with Crippen LogP contribution < -0.4 is 9.47 Å². The Labute approximate surface area is 236 Å². The Kier molecular flexibility index (Phi) is 7.10.